The maximum absolute atomic E-state index is 11.9. The van der Waals surface area contributed by atoms with Crippen LogP contribution in [0.15, 0.2) is 24.3 Å². The smallest absolute Gasteiger partial charge is 0.326 e. The largest absolute Gasteiger partial charge is 0.480 e. The summed E-state index contributed by atoms with van der Waals surface area (Å²) in [6.45, 7) is 2.16. The van der Waals surface area contributed by atoms with Gasteiger partial charge in [-0.1, -0.05) is 29.8 Å². The number of benzene rings is 1. The lowest BCUT2D eigenvalue weighted by atomic mass is 10.0. The highest BCUT2D eigenvalue weighted by atomic mass is 16.5. The van der Waals surface area contributed by atoms with Crippen LogP contribution in [0.4, 0.5) is 0 Å². The Morgan fingerprint density at radius 3 is 2.36 bits per heavy atom. The van der Waals surface area contributed by atoms with Crippen LogP contribution >= 0.6 is 0 Å². The lowest BCUT2D eigenvalue weighted by molar-refractivity contribution is -0.142. The van der Waals surface area contributed by atoms with Crippen molar-refractivity contribution in [2.45, 2.75) is 32.2 Å². The molecule has 0 aliphatic heterocycles. The molecule has 0 spiro atoms. The molecule has 0 aliphatic carbocycles. The predicted octanol–water partition coefficient (Wildman–Crippen LogP) is 1.56. The van der Waals surface area contributed by atoms with Crippen LogP contribution in [-0.2, 0) is 14.3 Å². The molecule has 22 heavy (non-hydrogen) atoms. The van der Waals surface area contributed by atoms with E-state index in [1.807, 2.05) is 19.1 Å². The number of nitrogens with one attached hydrogen (secondary N) is 1. The zero-order valence-electron chi connectivity index (χ0n) is 12.8. The first kappa shape index (κ1) is 17.8. The maximum atomic E-state index is 11.9. The van der Waals surface area contributed by atoms with Gasteiger partial charge in [-0.15, -0.1) is 0 Å². The van der Waals surface area contributed by atoms with Crippen LogP contribution in [0, 0.1) is 6.92 Å². The number of ketones is 1. The number of carbonyl (C=O) groups is 3. The Hall–Kier alpha value is -2.21. The van der Waals surface area contributed by atoms with E-state index in [2.05, 4.69) is 5.32 Å². The molecule has 6 heteroatoms. The number of hydrogen-bond acceptors (Lipinski definition) is 4. The van der Waals surface area contributed by atoms with Gasteiger partial charge in [0.05, 0.1) is 0 Å². The van der Waals surface area contributed by atoms with Crippen LogP contribution < -0.4 is 5.32 Å². The number of hydrogen-bond donors (Lipinski definition) is 2. The number of methoxy groups -OCH3 is 1. The molecule has 6 nitrogen and oxygen atoms in total. The molecule has 1 rings (SSSR count). The summed E-state index contributed by atoms with van der Waals surface area (Å²) >= 11 is 0. The number of rotatable bonds is 9. The van der Waals surface area contributed by atoms with E-state index >= 15 is 0 Å². The van der Waals surface area contributed by atoms with E-state index < -0.39 is 17.9 Å². The van der Waals surface area contributed by atoms with E-state index in [1.165, 1.54) is 7.11 Å². The second-order valence-corrected chi connectivity index (χ2v) is 5.03. The van der Waals surface area contributed by atoms with Crippen molar-refractivity contribution >= 4 is 17.7 Å². The van der Waals surface area contributed by atoms with Crippen molar-refractivity contribution in [3.05, 3.63) is 35.4 Å². The van der Waals surface area contributed by atoms with Crippen LogP contribution in [0.5, 0.6) is 0 Å². The number of aryl methyl sites for hydroxylation is 1. The van der Waals surface area contributed by atoms with Crippen LogP contribution in [-0.4, -0.2) is 42.5 Å². The van der Waals surface area contributed by atoms with E-state index in [0.29, 0.717) is 5.56 Å². The van der Waals surface area contributed by atoms with Gasteiger partial charge in [-0.05, 0) is 6.92 Å². The Morgan fingerprint density at radius 1 is 1.18 bits per heavy atom. The van der Waals surface area contributed by atoms with E-state index in [4.69, 9.17) is 9.84 Å². The van der Waals surface area contributed by atoms with Gasteiger partial charge in [0.15, 0.2) is 5.78 Å². The summed E-state index contributed by atoms with van der Waals surface area (Å²) in [5, 5.41) is 11.4. The molecule has 0 fully saturated rings. The van der Waals surface area contributed by atoms with Gasteiger partial charge < -0.3 is 15.2 Å². The Morgan fingerprint density at radius 2 is 1.82 bits per heavy atom. The SMILES string of the molecule is COCCC(NC(=O)CCC(=O)c1ccc(C)cc1)C(=O)O. The molecule has 0 radical (unpaired) electrons. The standard InChI is InChI=1S/C16H21NO5/c1-11-3-5-12(6-4-11)14(18)7-8-15(19)17-13(16(20)21)9-10-22-2/h3-6,13H,7-10H2,1-2H3,(H,17,19)(H,20,21). The topological polar surface area (TPSA) is 92.7 Å². The van der Waals surface area contributed by atoms with Gasteiger partial charge in [-0.25, -0.2) is 4.79 Å². The molecule has 0 heterocycles. The van der Waals surface area contributed by atoms with Crippen molar-refractivity contribution in [2.75, 3.05) is 13.7 Å². The molecular formula is C16H21NO5. The van der Waals surface area contributed by atoms with Crippen LogP contribution in [0.2, 0.25) is 0 Å². The van der Waals surface area contributed by atoms with Crippen molar-refractivity contribution in [1.82, 2.24) is 5.32 Å². The summed E-state index contributed by atoms with van der Waals surface area (Å²) in [6, 6.07) is 6.10. The van der Waals surface area contributed by atoms with Gasteiger partial charge in [-0.2, -0.15) is 0 Å². The Labute approximate surface area is 129 Å². The van der Waals surface area contributed by atoms with Gasteiger partial charge in [-0.3, -0.25) is 9.59 Å². The molecule has 1 aromatic rings. The number of Topliss-reactive ketones (excluding diaryl/α,β-unsaturated/α-hetero) is 1. The first-order valence-corrected chi connectivity index (χ1v) is 7.05. The van der Waals surface area contributed by atoms with Gasteiger partial charge >= 0.3 is 5.97 Å². The highest BCUT2D eigenvalue weighted by molar-refractivity contribution is 5.98. The van der Waals surface area contributed by atoms with Gasteiger partial charge in [0.25, 0.3) is 0 Å². The first-order valence-electron chi connectivity index (χ1n) is 7.05. The monoisotopic (exact) mass is 307 g/mol. The molecule has 1 unspecified atom stereocenters. The predicted molar refractivity (Wildman–Crippen MR) is 80.8 cm³/mol. The molecule has 0 aromatic heterocycles. The van der Waals surface area contributed by atoms with E-state index in [0.717, 1.165) is 5.56 Å². The minimum absolute atomic E-state index is 0.0382. The summed E-state index contributed by atoms with van der Waals surface area (Å²) in [5.41, 5.74) is 1.60. The first-order chi connectivity index (χ1) is 10.4. The van der Waals surface area contributed by atoms with Crippen LogP contribution in [0.1, 0.15) is 35.2 Å². The second-order valence-electron chi connectivity index (χ2n) is 5.03. The summed E-state index contributed by atoms with van der Waals surface area (Å²) < 4.78 is 4.80. The van der Waals surface area contributed by atoms with Crippen molar-refractivity contribution < 1.29 is 24.2 Å². The zero-order chi connectivity index (χ0) is 16.5. The molecule has 0 saturated heterocycles. The Kier molecular flexibility index (Phi) is 7.25. The fraction of sp³-hybridized carbons (Fsp3) is 0.438. The average Bonchev–Trinajstić information content (AvgIpc) is 2.49. The molecule has 1 amide bonds. The Bertz CT molecular complexity index is 524. The second kappa shape index (κ2) is 8.94. The molecule has 1 aromatic carbocycles. The lowest BCUT2D eigenvalue weighted by Gasteiger charge is -2.13. The number of carboxylic acids is 1. The van der Waals surface area contributed by atoms with Crippen molar-refractivity contribution in [3.63, 3.8) is 0 Å². The highest BCUT2D eigenvalue weighted by Crippen LogP contribution is 2.08. The molecule has 2 N–H and O–H groups in total. The third kappa shape index (κ3) is 6.05. The van der Waals surface area contributed by atoms with E-state index in [-0.39, 0.29) is 31.7 Å². The average molecular weight is 307 g/mol. The van der Waals surface area contributed by atoms with Crippen molar-refractivity contribution in [2.24, 2.45) is 0 Å². The number of ether oxygens (including phenoxy) is 1. The van der Waals surface area contributed by atoms with E-state index in [1.54, 1.807) is 12.1 Å². The quantitative estimate of drug-likeness (QED) is 0.675. The molecular weight excluding hydrogens is 286 g/mol. The zero-order valence-corrected chi connectivity index (χ0v) is 12.8. The Balaban J connectivity index is 2.45. The minimum atomic E-state index is -1.12. The van der Waals surface area contributed by atoms with Crippen LogP contribution in [0.25, 0.3) is 0 Å². The number of aliphatic carboxylic acids is 1. The molecule has 120 valence electrons. The highest BCUT2D eigenvalue weighted by Gasteiger charge is 2.20. The third-order valence-corrected chi connectivity index (χ3v) is 3.20. The lowest BCUT2D eigenvalue weighted by Crippen LogP contribution is -2.41. The molecule has 0 saturated carbocycles. The number of carbonyl (C=O) groups excluding carboxylic acids is 2. The summed E-state index contributed by atoms with van der Waals surface area (Å²) in [7, 11) is 1.46. The maximum Gasteiger partial charge on any atom is 0.326 e. The summed E-state index contributed by atoms with van der Waals surface area (Å²) in [5.74, 6) is -1.71. The fourth-order valence-corrected chi connectivity index (χ4v) is 1.87. The van der Waals surface area contributed by atoms with Gasteiger partial charge in [0.1, 0.15) is 6.04 Å². The third-order valence-electron chi connectivity index (χ3n) is 3.20. The fourth-order valence-electron chi connectivity index (χ4n) is 1.87. The van der Waals surface area contributed by atoms with Gasteiger partial charge in [0.2, 0.25) is 5.91 Å². The molecule has 1 atom stereocenters. The van der Waals surface area contributed by atoms with Crippen molar-refractivity contribution in [3.8, 4) is 0 Å². The van der Waals surface area contributed by atoms with Gasteiger partial charge in [0, 0.05) is 38.5 Å². The number of amides is 1. The molecule has 0 bridgehead atoms. The van der Waals surface area contributed by atoms with Crippen molar-refractivity contribution in [1.29, 1.82) is 0 Å². The minimum Gasteiger partial charge on any atom is -0.480 e. The number of carboxylic acid groups (broad SMARTS) is 1. The summed E-state index contributed by atoms with van der Waals surface area (Å²) in [4.78, 5) is 34.7. The van der Waals surface area contributed by atoms with E-state index in [9.17, 15) is 14.4 Å². The normalized spacial score (nSPS) is 11.7. The van der Waals surface area contributed by atoms with Crippen LogP contribution in [0.3, 0.4) is 0 Å². The molecule has 0 aliphatic rings. The summed E-state index contributed by atoms with van der Waals surface area (Å²) in [6.07, 6.45) is 0.193.